The van der Waals surface area contributed by atoms with E-state index in [0.717, 1.165) is 83.5 Å². The highest BCUT2D eigenvalue weighted by atomic mass is 16.6. The third-order valence-electron chi connectivity index (χ3n) is 15.1. The summed E-state index contributed by atoms with van der Waals surface area (Å²) >= 11 is 0. The van der Waals surface area contributed by atoms with Crippen molar-refractivity contribution in [3.8, 4) is 0 Å². The lowest BCUT2D eigenvalue weighted by atomic mass is 9.96. The van der Waals surface area contributed by atoms with Crippen LogP contribution >= 0.6 is 0 Å². The molecule has 1 aliphatic rings. The molecule has 1 saturated heterocycles. The lowest BCUT2D eigenvalue weighted by Gasteiger charge is -2.30. The first-order valence-electron chi connectivity index (χ1n) is 30.6. The van der Waals surface area contributed by atoms with Gasteiger partial charge in [0.1, 0.15) is 0 Å². The number of esters is 2. The second-order valence-electron chi connectivity index (χ2n) is 22.2. The Labute approximate surface area is 433 Å². The van der Waals surface area contributed by atoms with Crippen molar-refractivity contribution in [1.29, 1.82) is 0 Å². The Bertz CT molecular complexity index is 1130. The number of nitrogens with zero attached hydrogens (tertiary/aromatic N) is 2. The maximum Gasteiger partial charge on any atom is 0.348 e. The molecule has 416 valence electrons. The molecule has 1 rings (SSSR count). The molecule has 7 atom stereocenters. The molecule has 0 radical (unpaired) electrons. The van der Waals surface area contributed by atoms with Crippen LogP contribution < -0.4 is 0 Å². The molecule has 0 aliphatic carbocycles. The number of aliphatic hydroxyl groups is 4. The monoisotopic (exact) mass is 995 g/mol. The van der Waals surface area contributed by atoms with Gasteiger partial charge in [-0.25, -0.2) is 9.59 Å². The molecule has 10 nitrogen and oxygen atoms in total. The number of hydrogen-bond donors (Lipinski definition) is 4. The maximum atomic E-state index is 13.1. The van der Waals surface area contributed by atoms with E-state index in [0.29, 0.717) is 65.0 Å². The zero-order valence-corrected chi connectivity index (χ0v) is 46.9. The van der Waals surface area contributed by atoms with Crippen LogP contribution in [0.2, 0.25) is 0 Å². The average molecular weight is 996 g/mol. The summed E-state index contributed by atoms with van der Waals surface area (Å²) in [4.78, 5) is 30.7. The van der Waals surface area contributed by atoms with Crippen molar-refractivity contribution in [3.63, 3.8) is 0 Å². The first kappa shape index (κ1) is 66.7. The van der Waals surface area contributed by atoms with Crippen LogP contribution in [0.25, 0.3) is 0 Å². The molecule has 0 bridgehead atoms. The molecule has 10 heteroatoms. The molecule has 0 amide bonds. The number of carbonyl (C=O) groups is 2. The molecule has 0 saturated carbocycles. The lowest BCUT2D eigenvalue weighted by molar-refractivity contribution is -0.196. The first-order chi connectivity index (χ1) is 34.0. The van der Waals surface area contributed by atoms with Gasteiger partial charge in [0.15, 0.2) is 12.2 Å². The summed E-state index contributed by atoms with van der Waals surface area (Å²) < 4.78 is 11.4. The number of ether oxygens (including phenoxy) is 2. The molecule has 1 aliphatic heterocycles. The van der Waals surface area contributed by atoms with Gasteiger partial charge in [-0.2, -0.15) is 0 Å². The fraction of sp³-hybridized carbons (Fsp3) is 0.967. The SMILES string of the molecule is CCCCCCCCCCC(O)CN(CCCCC1OC(=O)C(CCCCN(CC(O)CCCCCCCCCC)CC(O)C(C)CCCCCCCC)OC1=O)CC(O)CCCCCCCCCC. The largest absolute Gasteiger partial charge is 0.448 e. The number of rotatable bonds is 53. The van der Waals surface area contributed by atoms with Crippen molar-refractivity contribution in [2.45, 2.75) is 328 Å². The molecule has 0 spiro atoms. The van der Waals surface area contributed by atoms with Crippen LogP contribution in [0.4, 0.5) is 0 Å². The van der Waals surface area contributed by atoms with Crippen molar-refractivity contribution >= 4 is 11.9 Å². The van der Waals surface area contributed by atoms with Gasteiger partial charge in [0.25, 0.3) is 0 Å². The molecule has 1 heterocycles. The summed E-state index contributed by atoms with van der Waals surface area (Å²) in [5.41, 5.74) is 0. The number of unbranched alkanes of at least 4 members (excludes halogenated alkanes) is 28. The summed E-state index contributed by atoms with van der Waals surface area (Å²) in [6.07, 6.45) is 40.3. The predicted molar refractivity (Wildman–Crippen MR) is 293 cm³/mol. The van der Waals surface area contributed by atoms with E-state index in [2.05, 4.69) is 44.4 Å². The fourth-order valence-corrected chi connectivity index (χ4v) is 10.3. The van der Waals surface area contributed by atoms with Crippen LogP contribution in [0.3, 0.4) is 0 Å². The maximum absolute atomic E-state index is 13.1. The number of cyclic esters (lactones) is 2. The zero-order chi connectivity index (χ0) is 51.3. The Morgan fingerprint density at radius 3 is 0.957 bits per heavy atom. The van der Waals surface area contributed by atoms with Crippen LogP contribution in [-0.2, 0) is 19.1 Å². The summed E-state index contributed by atoms with van der Waals surface area (Å²) in [5.74, 6) is -0.765. The minimum Gasteiger partial charge on any atom is -0.448 e. The summed E-state index contributed by atoms with van der Waals surface area (Å²) in [6.45, 7) is 14.6. The molecular formula is C60H118N2O8. The van der Waals surface area contributed by atoms with Crippen LogP contribution in [0.1, 0.15) is 291 Å². The molecule has 7 unspecified atom stereocenters. The van der Waals surface area contributed by atoms with E-state index in [9.17, 15) is 30.0 Å². The number of hydrogen-bond acceptors (Lipinski definition) is 10. The third kappa shape index (κ3) is 38.3. The Morgan fingerprint density at radius 1 is 0.371 bits per heavy atom. The first-order valence-corrected chi connectivity index (χ1v) is 30.6. The van der Waals surface area contributed by atoms with Crippen LogP contribution in [-0.4, -0.2) is 118 Å². The molecule has 0 aromatic heterocycles. The summed E-state index contributed by atoms with van der Waals surface area (Å²) in [6, 6.07) is 0. The summed E-state index contributed by atoms with van der Waals surface area (Å²) in [7, 11) is 0. The highest BCUT2D eigenvalue weighted by Gasteiger charge is 2.37. The lowest BCUT2D eigenvalue weighted by Crippen LogP contribution is -2.44. The van der Waals surface area contributed by atoms with Gasteiger partial charge in [0.05, 0.1) is 24.4 Å². The van der Waals surface area contributed by atoms with E-state index in [1.165, 1.54) is 148 Å². The van der Waals surface area contributed by atoms with Gasteiger partial charge in [-0.1, -0.05) is 227 Å². The summed E-state index contributed by atoms with van der Waals surface area (Å²) in [5, 5.41) is 44.4. The highest BCUT2D eigenvalue weighted by molar-refractivity contribution is 5.87. The van der Waals surface area contributed by atoms with Gasteiger partial charge in [-0.05, 0) is 83.2 Å². The second-order valence-corrected chi connectivity index (χ2v) is 22.2. The van der Waals surface area contributed by atoms with Crippen LogP contribution in [0, 0.1) is 5.92 Å². The van der Waals surface area contributed by atoms with Gasteiger partial charge >= 0.3 is 11.9 Å². The Morgan fingerprint density at radius 2 is 0.643 bits per heavy atom. The number of aliphatic hydroxyl groups excluding tert-OH is 4. The van der Waals surface area contributed by atoms with Gasteiger partial charge in [0.2, 0.25) is 0 Å². The minimum atomic E-state index is -0.909. The molecule has 70 heavy (non-hydrogen) atoms. The minimum absolute atomic E-state index is 0.186. The Kier molecular flexibility index (Phi) is 45.2. The molecule has 1 fully saturated rings. The third-order valence-corrected chi connectivity index (χ3v) is 15.1. The molecule has 4 N–H and O–H groups in total. The molecule has 0 aromatic carbocycles. The van der Waals surface area contributed by atoms with E-state index in [1.54, 1.807) is 0 Å². The van der Waals surface area contributed by atoms with Crippen LogP contribution in [0.5, 0.6) is 0 Å². The Hall–Kier alpha value is -1.30. The van der Waals surface area contributed by atoms with Crippen molar-refractivity contribution < 1.29 is 39.5 Å². The Balaban J connectivity index is 2.63. The van der Waals surface area contributed by atoms with E-state index in [-0.39, 0.29) is 5.92 Å². The normalized spacial score (nSPS) is 17.5. The van der Waals surface area contributed by atoms with Gasteiger partial charge in [-0.15, -0.1) is 0 Å². The van der Waals surface area contributed by atoms with Crippen molar-refractivity contribution in [3.05, 3.63) is 0 Å². The van der Waals surface area contributed by atoms with E-state index in [1.807, 2.05) is 0 Å². The zero-order valence-electron chi connectivity index (χ0n) is 46.9. The molecule has 0 aromatic rings. The van der Waals surface area contributed by atoms with Gasteiger partial charge in [-0.3, -0.25) is 9.80 Å². The van der Waals surface area contributed by atoms with Crippen molar-refractivity contribution in [1.82, 2.24) is 9.80 Å². The highest BCUT2D eigenvalue weighted by Crippen LogP contribution is 2.22. The average Bonchev–Trinajstić information content (AvgIpc) is 3.33. The second kappa shape index (κ2) is 47.4. The topological polar surface area (TPSA) is 140 Å². The van der Waals surface area contributed by atoms with E-state index < -0.39 is 48.6 Å². The quantitative estimate of drug-likeness (QED) is 0.0344. The molecular weight excluding hydrogens is 877 g/mol. The smallest absolute Gasteiger partial charge is 0.348 e. The van der Waals surface area contributed by atoms with E-state index in [4.69, 9.17) is 9.47 Å². The van der Waals surface area contributed by atoms with E-state index >= 15 is 0 Å². The predicted octanol–water partition coefficient (Wildman–Crippen LogP) is 14.2. The van der Waals surface area contributed by atoms with Crippen LogP contribution in [0.15, 0.2) is 0 Å². The standard InChI is InChI=1S/C60H118N2O8/c1-6-10-14-18-22-25-29-33-41-53(63)48-61(49-54(64)42-34-30-26-23-19-15-11-7-2)46-38-36-44-57-59(67)70-58(60(68)69-57)45-37-39-47-62(50-55(65)43-35-31-27-24-20-16-12-8-3)51-56(66)52(5)40-32-28-21-17-13-9-4/h52-58,63-66H,6-51H2,1-5H3. The van der Waals surface area contributed by atoms with Gasteiger partial charge in [0, 0.05) is 26.2 Å². The fourth-order valence-electron chi connectivity index (χ4n) is 10.3. The number of carbonyl (C=O) groups excluding carboxylic acids is 2. The van der Waals surface area contributed by atoms with Gasteiger partial charge < -0.3 is 29.9 Å². The van der Waals surface area contributed by atoms with Crippen molar-refractivity contribution in [2.75, 3.05) is 39.3 Å². The van der Waals surface area contributed by atoms with Crippen molar-refractivity contribution in [2.24, 2.45) is 5.92 Å².